The number of carbonyl (C=O) groups is 1. The van der Waals surface area contributed by atoms with E-state index < -0.39 is 0 Å². The summed E-state index contributed by atoms with van der Waals surface area (Å²) in [6, 6.07) is 3.95. The molecule has 2 aromatic rings. The highest BCUT2D eigenvalue weighted by molar-refractivity contribution is 7.10. The summed E-state index contributed by atoms with van der Waals surface area (Å²) in [6.45, 7) is 1.30. The molecule has 1 aliphatic rings. The zero-order valence-electron chi connectivity index (χ0n) is 12.3. The maximum Gasteiger partial charge on any atom is 0.235 e. The molecule has 116 valence electrons. The first-order chi connectivity index (χ1) is 10.7. The number of methoxy groups -OCH3 is 1. The van der Waals surface area contributed by atoms with Crippen molar-refractivity contribution in [2.75, 3.05) is 20.2 Å². The Bertz CT molecular complexity index is 633. The fraction of sp³-hybridized carbons (Fsp3) is 0.400. The number of rotatable bonds is 5. The molecule has 1 amide bonds. The van der Waals surface area contributed by atoms with Crippen LogP contribution in [0.2, 0.25) is 0 Å². The smallest absolute Gasteiger partial charge is 0.235 e. The number of thiophene rings is 1. The molecule has 0 saturated carbocycles. The van der Waals surface area contributed by atoms with E-state index in [0.29, 0.717) is 31.3 Å². The zero-order chi connectivity index (χ0) is 15.4. The number of hydrogen-bond acceptors (Lipinski definition) is 6. The third kappa shape index (κ3) is 3.54. The molecule has 0 bridgehead atoms. The van der Waals surface area contributed by atoms with Crippen LogP contribution in [0.15, 0.2) is 29.9 Å². The number of aromatic nitrogens is 2. The minimum Gasteiger partial charge on any atom is -0.480 e. The first kappa shape index (κ1) is 14.8. The molecule has 1 fully saturated rings. The molecule has 2 aromatic heterocycles. The molecular formula is C15H17N3O3S. The second kappa shape index (κ2) is 6.74. The third-order valence-corrected chi connectivity index (χ3v) is 4.37. The highest BCUT2D eigenvalue weighted by atomic mass is 32.1. The van der Waals surface area contributed by atoms with Gasteiger partial charge in [-0.2, -0.15) is 4.98 Å². The predicted molar refractivity (Wildman–Crippen MR) is 82.2 cm³/mol. The van der Waals surface area contributed by atoms with Crippen LogP contribution in [0.25, 0.3) is 0 Å². The molecule has 3 rings (SSSR count). The molecule has 1 aliphatic heterocycles. The molecule has 6 nitrogen and oxygen atoms in total. The fourth-order valence-electron chi connectivity index (χ4n) is 2.38. The van der Waals surface area contributed by atoms with Gasteiger partial charge in [0, 0.05) is 17.8 Å². The first-order valence-corrected chi connectivity index (χ1v) is 7.95. The largest absolute Gasteiger partial charge is 0.480 e. The SMILES string of the molecule is COc1cncc(OC2CCN(C(=O)Cc3cccs3)C2)n1. The van der Waals surface area contributed by atoms with E-state index in [1.165, 1.54) is 13.3 Å². The normalized spacial score (nSPS) is 17.5. The van der Waals surface area contributed by atoms with E-state index in [-0.39, 0.29) is 12.0 Å². The zero-order valence-corrected chi connectivity index (χ0v) is 13.1. The van der Waals surface area contributed by atoms with Crippen molar-refractivity contribution in [3.05, 3.63) is 34.8 Å². The average Bonchev–Trinajstić information content (AvgIpc) is 3.19. The second-order valence-electron chi connectivity index (χ2n) is 5.02. The summed E-state index contributed by atoms with van der Waals surface area (Å²) >= 11 is 1.61. The van der Waals surface area contributed by atoms with E-state index in [9.17, 15) is 4.79 Å². The monoisotopic (exact) mass is 319 g/mol. The van der Waals surface area contributed by atoms with Crippen molar-refractivity contribution in [1.82, 2.24) is 14.9 Å². The Hall–Kier alpha value is -2.15. The van der Waals surface area contributed by atoms with Crippen LogP contribution >= 0.6 is 11.3 Å². The van der Waals surface area contributed by atoms with Gasteiger partial charge in [-0.05, 0) is 11.4 Å². The quantitative estimate of drug-likeness (QED) is 0.840. The molecule has 0 aliphatic carbocycles. The van der Waals surface area contributed by atoms with Gasteiger partial charge >= 0.3 is 0 Å². The third-order valence-electron chi connectivity index (χ3n) is 3.49. The minimum atomic E-state index is -0.0475. The van der Waals surface area contributed by atoms with E-state index in [0.717, 1.165) is 11.3 Å². The van der Waals surface area contributed by atoms with Crippen molar-refractivity contribution in [3.63, 3.8) is 0 Å². The summed E-state index contributed by atoms with van der Waals surface area (Å²) in [5, 5.41) is 1.99. The fourth-order valence-corrected chi connectivity index (χ4v) is 3.08. The maximum absolute atomic E-state index is 12.2. The van der Waals surface area contributed by atoms with Crippen molar-refractivity contribution in [2.24, 2.45) is 0 Å². The average molecular weight is 319 g/mol. The van der Waals surface area contributed by atoms with Gasteiger partial charge in [0.1, 0.15) is 6.10 Å². The summed E-state index contributed by atoms with van der Waals surface area (Å²) in [7, 11) is 1.54. The Morgan fingerprint density at radius 2 is 2.32 bits per heavy atom. The lowest BCUT2D eigenvalue weighted by Gasteiger charge is -2.16. The topological polar surface area (TPSA) is 64.6 Å². The lowest BCUT2D eigenvalue weighted by atomic mass is 10.3. The van der Waals surface area contributed by atoms with Crippen LogP contribution in [-0.4, -0.2) is 47.1 Å². The van der Waals surface area contributed by atoms with Crippen LogP contribution in [0.4, 0.5) is 0 Å². The summed E-state index contributed by atoms with van der Waals surface area (Å²) in [4.78, 5) is 23.4. The number of nitrogens with zero attached hydrogens (tertiary/aromatic N) is 3. The molecule has 22 heavy (non-hydrogen) atoms. The molecule has 7 heteroatoms. The van der Waals surface area contributed by atoms with E-state index in [2.05, 4.69) is 9.97 Å². The number of amides is 1. The molecule has 1 saturated heterocycles. The summed E-state index contributed by atoms with van der Waals surface area (Å²) in [5.74, 6) is 0.989. The van der Waals surface area contributed by atoms with E-state index >= 15 is 0 Å². The van der Waals surface area contributed by atoms with Crippen molar-refractivity contribution in [1.29, 1.82) is 0 Å². The highest BCUT2D eigenvalue weighted by Gasteiger charge is 2.28. The van der Waals surface area contributed by atoms with Gasteiger partial charge in [0.05, 0.1) is 32.5 Å². The van der Waals surface area contributed by atoms with Crippen molar-refractivity contribution >= 4 is 17.2 Å². The van der Waals surface area contributed by atoms with Gasteiger partial charge in [-0.3, -0.25) is 9.78 Å². The summed E-state index contributed by atoms with van der Waals surface area (Å²) in [5.41, 5.74) is 0. The van der Waals surface area contributed by atoms with Gasteiger partial charge in [0.2, 0.25) is 17.7 Å². The second-order valence-corrected chi connectivity index (χ2v) is 6.06. The molecule has 0 aromatic carbocycles. The number of ether oxygens (including phenoxy) is 2. The maximum atomic E-state index is 12.2. The highest BCUT2D eigenvalue weighted by Crippen LogP contribution is 2.19. The molecule has 0 N–H and O–H groups in total. The summed E-state index contributed by atoms with van der Waals surface area (Å²) < 4.78 is 10.8. The van der Waals surface area contributed by atoms with Crippen LogP contribution < -0.4 is 9.47 Å². The van der Waals surface area contributed by atoms with Crippen molar-refractivity contribution in [2.45, 2.75) is 18.9 Å². The van der Waals surface area contributed by atoms with Crippen molar-refractivity contribution < 1.29 is 14.3 Å². The standard InChI is InChI=1S/C15H17N3O3S/c1-20-13-8-16-9-14(17-13)21-11-4-5-18(10-11)15(19)7-12-3-2-6-22-12/h2-3,6,8-9,11H,4-5,7,10H2,1H3. The lowest BCUT2D eigenvalue weighted by Crippen LogP contribution is -2.32. The van der Waals surface area contributed by atoms with Crippen LogP contribution in [0.1, 0.15) is 11.3 Å². The van der Waals surface area contributed by atoms with E-state index in [1.807, 2.05) is 22.4 Å². The first-order valence-electron chi connectivity index (χ1n) is 7.07. The Balaban J connectivity index is 1.54. The van der Waals surface area contributed by atoms with E-state index in [4.69, 9.17) is 9.47 Å². The van der Waals surface area contributed by atoms with Crippen LogP contribution in [0.3, 0.4) is 0 Å². The molecule has 0 spiro atoms. The Morgan fingerprint density at radius 3 is 3.09 bits per heavy atom. The minimum absolute atomic E-state index is 0.0475. The number of likely N-dealkylation sites (tertiary alicyclic amines) is 1. The predicted octanol–water partition coefficient (Wildman–Crippen LogP) is 1.77. The van der Waals surface area contributed by atoms with Gasteiger partial charge in [0.15, 0.2) is 0 Å². The summed E-state index contributed by atoms with van der Waals surface area (Å²) in [6.07, 6.45) is 4.30. The molecule has 0 radical (unpaired) electrons. The van der Waals surface area contributed by atoms with Gasteiger partial charge in [0.25, 0.3) is 0 Å². The Kier molecular flexibility index (Phi) is 4.53. The molecule has 3 heterocycles. The number of hydrogen-bond donors (Lipinski definition) is 0. The molecule has 1 atom stereocenters. The van der Waals surface area contributed by atoms with Crippen molar-refractivity contribution in [3.8, 4) is 11.8 Å². The van der Waals surface area contributed by atoms with Gasteiger partial charge in [-0.15, -0.1) is 11.3 Å². The Morgan fingerprint density at radius 1 is 1.45 bits per heavy atom. The van der Waals surface area contributed by atoms with E-state index in [1.54, 1.807) is 17.5 Å². The van der Waals surface area contributed by atoms with Gasteiger partial charge in [-0.1, -0.05) is 6.07 Å². The molecule has 1 unspecified atom stereocenters. The van der Waals surface area contributed by atoms with Gasteiger partial charge < -0.3 is 14.4 Å². The molecular weight excluding hydrogens is 302 g/mol. The Labute approximate surface area is 132 Å². The van der Waals surface area contributed by atoms with Crippen LogP contribution in [0, 0.1) is 0 Å². The van der Waals surface area contributed by atoms with Crippen LogP contribution in [-0.2, 0) is 11.2 Å². The van der Waals surface area contributed by atoms with Gasteiger partial charge in [-0.25, -0.2) is 0 Å². The van der Waals surface area contributed by atoms with Crippen LogP contribution in [0.5, 0.6) is 11.8 Å². The lowest BCUT2D eigenvalue weighted by molar-refractivity contribution is -0.129. The number of carbonyl (C=O) groups excluding carboxylic acids is 1.